The topological polar surface area (TPSA) is 90.2 Å². The first-order valence-corrected chi connectivity index (χ1v) is 8.84. The van der Waals surface area contributed by atoms with E-state index in [-0.39, 0.29) is 12.3 Å². The largest absolute Gasteiger partial charge is 0.481 e. The average molecular weight is 342 g/mol. The molecule has 1 aromatic rings. The summed E-state index contributed by atoms with van der Waals surface area (Å²) in [5, 5.41) is 21.6. The van der Waals surface area contributed by atoms with Gasteiger partial charge in [-0.05, 0) is 44.4 Å². The maximum Gasteiger partial charge on any atom is 0.310 e. The molecule has 1 aromatic carbocycles. The SMILES string of the molecule is CC(C)(C#N)c1ccc(NC(=O)CC2(C(=O)O)CCCCCC2)cc1. The van der Waals surface area contributed by atoms with Gasteiger partial charge in [-0.1, -0.05) is 37.8 Å². The predicted molar refractivity (Wildman–Crippen MR) is 96.1 cm³/mol. The van der Waals surface area contributed by atoms with Crippen LogP contribution in [0.4, 0.5) is 5.69 Å². The molecule has 0 aliphatic heterocycles. The third-order valence-corrected chi connectivity index (χ3v) is 5.18. The van der Waals surface area contributed by atoms with E-state index in [2.05, 4.69) is 11.4 Å². The number of nitrogens with zero attached hydrogens (tertiary/aromatic N) is 1. The van der Waals surface area contributed by atoms with Crippen molar-refractivity contribution in [2.75, 3.05) is 5.32 Å². The second-order valence-electron chi connectivity index (χ2n) is 7.54. The Morgan fingerprint density at radius 1 is 1.16 bits per heavy atom. The lowest BCUT2D eigenvalue weighted by Crippen LogP contribution is -2.35. The summed E-state index contributed by atoms with van der Waals surface area (Å²) in [7, 11) is 0. The van der Waals surface area contributed by atoms with Crippen LogP contribution in [0.3, 0.4) is 0 Å². The van der Waals surface area contributed by atoms with Gasteiger partial charge in [-0.25, -0.2) is 0 Å². The number of carboxylic acid groups (broad SMARTS) is 1. The van der Waals surface area contributed by atoms with Crippen LogP contribution < -0.4 is 5.32 Å². The number of hydrogen-bond acceptors (Lipinski definition) is 3. The van der Waals surface area contributed by atoms with E-state index < -0.39 is 16.8 Å². The number of amides is 1. The van der Waals surface area contributed by atoms with Gasteiger partial charge in [0, 0.05) is 12.1 Å². The highest BCUT2D eigenvalue weighted by Gasteiger charge is 2.40. The van der Waals surface area contributed by atoms with Gasteiger partial charge < -0.3 is 10.4 Å². The zero-order valence-electron chi connectivity index (χ0n) is 15.0. The number of rotatable bonds is 5. The predicted octanol–water partition coefficient (Wildman–Crippen LogP) is 4.24. The summed E-state index contributed by atoms with van der Waals surface area (Å²) < 4.78 is 0. The molecule has 1 aliphatic carbocycles. The van der Waals surface area contributed by atoms with Gasteiger partial charge in [-0.2, -0.15) is 5.26 Å². The van der Waals surface area contributed by atoms with Gasteiger partial charge in [0.2, 0.25) is 5.91 Å². The fraction of sp³-hybridized carbons (Fsp3) is 0.550. The molecular formula is C20H26N2O3. The van der Waals surface area contributed by atoms with Crippen LogP contribution in [0.1, 0.15) is 64.4 Å². The van der Waals surface area contributed by atoms with E-state index in [4.69, 9.17) is 0 Å². The Balaban J connectivity index is 2.06. The number of carbonyl (C=O) groups excluding carboxylic acids is 1. The van der Waals surface area contributed by atoms with Crippen LogP contribution >= 0.6 is 0 Å². The quantitative estimate of drug-likeness (QED) is 0.783. The van der Waals surface area contributed by atoms with Crippen molar-refractivity contribution in [1.29, 1.82) is 5.26 Å². The summed E-state index contributed by atoms with van der Waals surface area (Å²) in [6.07, 6.45) is 4.92. The first-order chi connectivity index (χ1) is 11.8. The monoisotopic (exact) mass is 342 g/mol. The summed E-state index contributed by atoms with van der Waals surface area (Å²) in [6.45, 7) is 3.67. The van der Waals surface area contributed by atoms with E-state index in [9.17, 15) is 20.0 Å². The van der Waals surface area contributed by atoms with Gasteiger partial charge in [0.05, 0.1) is 16.9 Å². The van der Waals surface area contributed by atoms with Crippen molar-refractivity contribution in [2.45, 2.75) is 64.2 Å². The molecule has 1 saturated carbocycles. The average Bonchev–Trinajstić information content (AvgIpc) is 2.82. The third-order valence-electron chi connectivity index (χ3n) is 5.18. The number of carboxylic acids is 1. The highest BCUT2D eigenvalue weighted by molar-refractivity contribution is 5.94. The van der Waals surface area contributed by atoms with Crippen LogP contribution in [0.5, 0.6) is 0 Å². The molecule has 1 aliphatic rings. The lowest BCUT2D eigenvalue weighted by molar-refractivity contribution is -0.152. The van der Waals surface area contributed by atoms with Crippen molar-refractivity contribution < 1.29 is 14.7 Å². The summed E-state index contributed by atoms with van der Waals surface area (Å²) in [5.41, 5.74) is -0.0324. The van der Waals surface area contributed by atoms with Crippen molar-refractivity contribution >= 4 is 17.6 Å². The highest BCUT2D eigenvalue weighted by atomic mass is 16.4. The molecule has 1 amide bonds. The first-order valence-electron chi connectivity index (χ1n) is 8.84. The number of nitriles is 1. The summed E-state index contributed by atoms with van der Waals surface area (Å²) in [4.78, 5) is 24.2. The Morgan fingerprint density at radius 2 is 1.72 bits per heavy atom. The summed E-state index contributed by atoms with van der Waals surface area (Å²) >= 11 is 0. The van der Waals surface area contributed by atoms with Gasteiger partial charge in [-0.15, -0.1) is 0 Å². The van der Waals surface area contributed by atoms with E-state index in [1.54, 1.807) is 12.1 Å². The van der Waals surface area contributed by atoms with Crippen molar-refractivity contribution in [3.63, 3.8) is 0 Å². The standard InChI is InChI=1S/C20H26N2O3/c1-19(2,14-21)15-7-9-16(10-8-15)22-17(23)13-20(18(24)25)11-5-3-4-6-12-20/h7-10H,3-6,11-13H2,1-2H3,(H,22,23)(H,24,25). The van der Waals surface area contributed by atoms with Crippen LogP contribution in [0, 0.1) is 16.7 Å². The van der Waals surface area contributed by atoms with Gasteiger partial charge >= 0.3 is 5.97 Å². The number of benzene rings is 1. The van der Waals surface area contributed by atoms with Crippen LogP contribution in [-0.4, -0.2) is 17.0 Å². The third kappa shape index (κ3) is 4.60. The molecule has 0 aromatic heterocycles. The molecule has 2 N–H and O–H groups in total. The van der Waals surface area contributed by atoms with Crippen molar-refractivity contribution in [1.82, 2.24) is 0 Å². The first kappa shape index (κ1) is 19.0. The van der Waals surface area contributed by atoms with Gasteiger partial charge in [0.1, 0.15) is 0 Å². The lowest BCUT2D eigenvalue weighted by Gasteiger charge is -2.27. The minimum atomic E-state index is -0.941. The second kappa shape index (κ2) is 7.69. The van der Waals surface area contributed by atoms with Gasteiger partial charge in [0.15, 0.2) is 0 Å². The Hall–Kier alpha value is -2.35. The smallest absolute Gasteiger partial charge is 0.310 e. The summed E-state index contributed by atoms with van der Waals surface area (Å²) in [6, 6.07) is 9.39. The molecule has 5 nitrogen and oxygen atoms in total. The van der Waals surface area contributed by atoms with E-state index in [1.807, 2.05) is 26.0 Å². The normalized spacial score (nSPS) is 17.2. The molecule has 134 valence electrons. The Morgan fingerprint density at radius 3 is 2.20 bits per heavy atom. The molecule has 0 saturated heterocycles. The molecule has 0 atom stereocenters. The number of aliphatic carboxylic acids is 1. The molecule has 0 bridgehead atoms. The maximum absolute atomic E-state index is 12.4. The Bertz CT molecular complexity index is 663. The van der Waals surface area contributed by atoms with Crippen molar-refractivity contribution in [3.8, 4) is 6.07 Å². The zero-order valence-corrected chi connectivity index (χ0v) is 15.0. The molecule has 5 heteroatoms. The number of anilines is 1. The molecule has 25 heavy (non-hydrogen) atoms. The molecular weight excluding hydrogens is 316 g/mol. The lowest BCUT2D eigenvalue weighted by atomic mass is 9.77. The number of nitrogens with one attached hydrogen (secondary N) is 1. The van der Waals surface area contributed by atoms with E-state index in [0.717, 1.165) is 31.2 Å². The minimum Gasteiger partial charge on any atom is -0.481 e. The molecule has 0 heterocycles. The van der Waals surface area contributed by atoms with Crippen molar-refractivity contribution in [3.05, 3.63) is 29.8 Å². The number of hydrogen-bond donors (Lipinski definition) is 2. The fourth-order valence-corrected chi connectivity index (χ4v) is 3.42. The molecule has 0 unspecified atom stereocenters. The number of carbonyl (C=O) groups is 2. The van der Waals surface area contributed by atoms with Crippen molar-refractivity contribution in [2.24, 2.45) is 5.41 Å². The van der Waals surface area contributed by atoms with E-state index >= 15 is 0 Å². The van der Waals surface area contributed by atoms with Crippen LogP contribution in [0.15, 0.2) is 24.3 Å². The van der Waals surface area contributed by atoms with Crippen LogP contribution in [0.2, 0.25) is 0 Å². The maximum atomic E-state index is 12.4. The summed E-state index contributed by atoms with van der Waals surface area (Å²) in [5.74, 6) is -1.13. The fourth-order valence-electron chi connectivity index (χ4n) is 3.42. The van der Waals surface area contributed by atoms with Crippen LogP contribution in [-0.2, 0) is 15.0 Å². The molecule has 2 rings (SSSR count). The van der Waals surface area contributed by atoms with Crippen LogP contribution in [0.25, 0.3) is 0 Å². The Labute approximate surface area is 149 Å². The Kier molecular flexibility index (Phi) is 5.84. The van der Waals surface area contributed by atoms with Gasteiger partial charge in [0.25, 0.3) is 0 Å². The molecule has 0 spiro atoms. The zero-order chi connectivity index (χ0) is 18.5. The van der Waals surface area contributed by atoms with Gasteiger partial charge in [-0.3, -0.25) is 9.59 Å². The minimum absolute atomic E-state index is 0.00771. The highest BCUT2D eigenvalue weighted by Crippen LogP contribution is 2.38. The van der Waals surface area contributed by atoms with E-state index in [1.165, 1.54) is 0 Å². The molecule has 0 radical (unpaired) electrons. The second-order valence-corrected chi connectivity index (χ2v) is 7.54. The molecule has 1 fully saturated rings. The van der Waals surface area contributed by atoms with E-state index in [0.29, 0.717) is 18.5 Å².